The summed E-state index contributed by atoms with van der Waals surface area (Å²) in [5.74, 6) is 0. The van der Waals surface area contributed by atoms with E-state index in [1.54, 1.807) is 0 Å². The molecule has 0 aliphatic carbocycles. The highest BCUT2D eigenvalue weighted by molar-refractivity contribution is 7.26. The quantitative estimate of drug-likeness (QED) is 0.162. The van der Waals surface area contributed by atoms with Crippen molar-refractivity contribution in [2.75, 3.05) is 4.90 Å². The molecule has 57 heavy (non-hydrogen) atoms. The minimum Gasteiger partial charge on any atom is -0.455 e. The van der Waals surface area contributed by atoms with E-state index in [2.05, 4.69) is 205 Å². The second-order valence-corrected chi connectivity index (χ2v) is 15.5. The Bertz CT molecular complexity index is 3160. The maximum atomic E-state index is 6.50. The normalized spacial score (nSPS) is 11.5. The lowest BCUT2D eigenvalue weighted by atomic mass is 9.95. The first-order valence-corrected chi connectivity index (χ1v) is 20.1. The van der Waals surface area contributed by atoms with Crippen molar-refractivity contribution in [2.24, 2.45) is 0 Å². The number of benzene rings is 9. The van der Waals surface area contributed by atoms with Gasteiger partial charge in [-0.3, -0.25) is 0 Å². The summed E-state index contributed by atoms with van der Waals surface area (Å²) in [4.78, 5) is 2.49. The first-order valence-electron chi connectivity index (χ1n) is 19.3. The van der Waals surface area contributed by atoms with Crippen LogP contribution in [0, 0.1) is 0 Å². The van der Waals surface area contributed by atoms with Crippen LogP contribution in [0.1, 0.15) is 0 Å². The van der Waals surface area contributed by atoms with Gasteiger partial charge >= 0.3 is 0 Å². The molecule has 0 N–H and O–H groups in total. The molecule has 0 unspecified atom stereocenters. The topological polar surface area (TPSA) is 16.4 Å². The second kappa shape index (κ2) is 13.8. The zero-order valence-electron chi connectivity index (χ0n) is 31.0. The third kappa shape index (κ3) is 5.80. The fraction of sp³-hybridized carbons (Fsp3) is 0. The number of hydrogen-bond donors (Lipinski definition) is 0. The minimum atomic E-state index is 0.903. The molecule has 2 aromatic heterocycles. The summed E-state index contributed by atoms with van der Waals surface area (Å²) < 4.78 is 9.02. The molecular formula is C54H35NOS. The smallest absolute Gasteiger partial charge is 0.143 e. The van der Waals surface area contributed by atoms with Crippen LogP contribution in [0.25, 0.3) is 86.6 Å². The van der Waals surface area contributed by atoms with Gasteiger partial charge in [-0.25, -0.2) is 0 Å². The minimum absolute atomic E-state index is 0.903. The van der Waals surface area contributed by atoms with Crippen molar-refractivity contribution in [1.29, 1.82) is 0 Å². The van der Waals surface area contributed by atoms with E-state index in [9.17, 15) is 0 Å². The highest BCUT2D eigenvalue weighted by Crippen LogP contribution is 2.51. The van der Waals surface area contributed by atoms with Crippen molar-refractivity contribution in [3.8, 4) is 44.5 Å². The van der Waals surface area contributed by atoms with Gasteiger partial charge < -0.3 is 9.32 Å². The highest BCUT2D eigenvalue weighted by atomic mass is 32.1. The Morgan fingerprint density at radius 1 is 0.351 bits per heavy atom. The number of thiophene rings is 1. The zero-order valence-corrected chi connectivity index (χ0v) is 31.8. The number of rotatable bonds is 7. The van der Waals surface area contributed by atoms with Crippen LogP contribution in [-0.4, -0.2) is 0 Å². The highest BCUT2D eigenvalue weighted by Gasteiger charge is 2.24. The number of furan rings is 1. The van der Waals surface area contributed by atoms with E-state index in [1.165, 1.54) is 42.4 Å². The average molecular weight is 746 g/mol. The summed E-state index contributed by atoms with van der Waals surface area (Å²) in [6.07, 6.45) is 0. The van der Waals surface area contributed by atoms with Crippen LogP contribution in [0.2, 0.25) is 0 Å². The molecule has 0 spiro atoms. The molecule has 9 aromatic carbocycles. The van der Waals surface area contributed by atoms with E-state index in [1.807, 2.05) is 23.5 Å². The Kier molecular flexibility index (Phi) is 8.04. The molecule has 0 fully saturated rings. The van der Waals surface area contributed by atoms with Crippen LogP contribution < -0.4 is 4.90 Å². The summed E-state index contributed by atoms with van der Waals surface area (Å²) >= 11 is 1.87. The molecule has 2 heterocycles. The molecule has 0 radical (unpaired) electrons. The Hall–Kier alpha value is -7.20. The predicted octanol–water partition coefficient (Wildman–Crippen LogP) is 16.1. The molecule has 0 aliphatic heterocycles. The molecule has 0 saturated carbocycles. The summed E-state index contributed by atoms with van der Waals surface area (Å²) in [7, 11) is 0. The summed E-state index contributed by atoms with van der Waals surface area (Å²) in [6, 6.07) is 76.5. The molecule has 0 atom stereocenters. The van der Waals surface area contributed by atoms with Crippen LogP contribution in [0.15, 0.2) is 217 Å². The van der Waals surface area contributed by atoms with Crippen LogP contribution in [0.5, 0.6) is 0 Å². The van der Waals surface area contributed by atoms with E-state index < -0.39 is 0 Å². The summed E-state index contributed by atoms with van der Waals surface area (Å²) in [5, 5.41) is 4.79. The maximum Gasteiger partial charge on any atom is 0.143 e. The van der Waals surface area contributed by atoms with Crippen molar-refractivity contribution in [3.63, 3.8) is 0 Å². The third-order valence-corrected chi connectivity index (χ3v) is 12.3. The van der Waals surface area contributed by atoms with Gasteiger partial charge in [-0.15, -0.1) is 11.3 Å². The number of para-hydroxylation sites is 2. The first-order chi connectivity index (χ1) is 28.3. The Balaban J connectivity index is 1.19. The molecule has 2 nitrogen and oxygen atoms in total. The number of hydrogen-bond acceptors (Lipinski definition) is 3. The van der Waals surface area contributed by atoms with Crippen molar-refractivity contribution in [1.82, 2.24) is 0 Å². The molecular weight excluding hydrogens is 711 g/mol. The Morgan fingerprint density at radius 3 is 1.63 bits per heavy atom. The number of nitrogens with zero attached hydrogens (tertiary/aromatic N) is 1. The van der Waals surface area contributed by atoms with E-state index in [0.29, 0.717) is 0 Å². The monoisotopic (exact) mass is 745 g/mol. The fourth-order valence-electron chi connectivity index (χ4n) is 8.35. The summed E-state index contributed by atoms with van der Waals surface area (Å²) in [6.45, 7) is 0. The molecule has 0 amide bonds. The van der Waals surface area contributed by atoms with Crippen LogP contribution in [-0.2, 0) is 0 Å². The first kappa shape index (κ1) is 33.2. The van der Waals surface area contributed by atoms with E-state index >= 15 is 0 Å². The Labute approximate surface area is 335 Å². The molecule has 3 heteroatoms. The average Bonchev–Trinajstić information content (AvgIpc) is 3.87. The second-order valence-electron chi connectivity index (χ2n) is 14.5. The van der Waals surface area contributed by atoms with E-state index in [-0.39, 0.29) is 0 Å². The maximum absolute atomic E-state index is 6.50. The zero-order chi connectivity index (χ0) is 37.7. The van der Waals surface area contributed by atoms with Gasteiger partial charge in [0, 0.05) is 48.7 Å². The standard InChI is InChI=1S/C54H35NOS/c1-4-15-36(16-5-1)40-33-41(37-17-6-2-7-18-37)35-43(34-40)55(42-29-27-39(28-30-42)45-23-14-24-48-46-21-10-12-25-50(46)56-53(45)48)52-44(38-19-8-3-9-20-38)31-32-49-47-22-11-13-26-51(47)57-54(49)52/h1-35H. The van der Waals surface area contributed by atoms with Crippen LogP contribution in [0.3, 0.4) is 0 Å². The molecule has 11 aromatic rings. The lowest BCUT2D eigenvalue weighted by Gasteiger charge is -2.30. The van der Waals surface area contributed by atoms with Gasteiger partial charge in [0.25, 0.3) is 0 Å². The van der Waals surface area contributed by atoms with Crippen LogP contribution >= 0.6 is 11.3 Å². The SMILES string of the molecule is c1ccc(-c2cc(-c3ccccc3)cc(N(c3ccc(-c4cccc5c4oc4ccccc45)cc3)c3c(-c4ccccc4)ccc4c3sc3ccccc34)c2)cc1. The fourth-order valence-corrected chi connectivity index (χ4v) is 9.59. The van der Waals surface area contributed by atoms with Gasteiger partial charge in [0.15, 0.2) is 0 Å². The number of fused-ring (bicyclic) bond motifs is 6. The predicted molar refractivity (Wildman–Crippen MR) is 243 cm³/mol. The van der Waals surface area contributed by atoms with Crippen molar-refractivity contribution in [3.05, 3.63) is 212 Å². The van der Waals surface area contributed by atoms with Gasteiger partial charge in [-0.1, -0.05) is 170 Å². The molecule has 268 valence electrons. The van der Waals surface area contributed by atoms with Crippen LogP contribution in [0.4, 0.5) is 17.1 Å². The van der Waals surface area contributed by atoms with Gasteiger partial charge in [0.2, 0.25) is 0 Å². The molecule has 0 bridgehead atoms. The molecule has 0 saturated heterocycles. The van der Waals surface area contributed by atoms with E-state index in [0.717, 1.165) is 61.3 Å². The van der Waals surface area contributed by atoms with Crippen molar-refractivity contribution >= 4 is 70.5 Å². The largest absolute Gasteiger partial charge is 0.455 e. The lowest BCUT2D eigenvalue weighted by Crippen LogP contribution is -2.12. The van der Waals surface area contributed by atoms with Gasteiger partial charge in [-0.2, -0.15) is 0 Å². The van der Waals surface area contributed by atoms with Crippen molar-refractivity contribution in [2.45, 2.75) is 0 Å². The Morgan fingerprint density at radius 2 is 0.930 bits per heavy atom. The molecule has 11 rings (SSSR count). The van der Waals surface area contributed by atoms with Gasteiger partial charge in [0.1, 0.15) is 11.2 Å². The van der Waals surface area contributed by atoms with Gasteiger partial charge in [0.05, 0.1) is 10.4 Å². The number of anilines is 3. The van der Waals surface area contributed by atoms with Gasteiger partial charge in [-0.05, 0) is 75.8 Å². The van der Waals surface area contributed by atoms with E-state index in [4.69, 9.17) is 4.42 Å². The summed E-state index contributed by atoms with van der Waals surface area (Å²) in [5.41, 5.74) is 14.3. The van der Waals surface area contributed by atoms with Crippen molar-refractivity contribution < 1.29 is 4.42 Å². The molecule has 0 aliphatic rings. The lowest BCUT2D eigenvalue weighted by molar-refractivity contribution is 0.670. The third-order valence-electron chi connectivity index (χ3n) is 11.1.